The molecule has 2 heterocycles. The summed E-state index contributed by atoms with van der Waals surface area (Å²) in [7, 11) is 1.29. The molecule has 0 unspecified atom stereocenters. The molecule has 3 rings (SSSR count). The smallest absolute Gasteiger partial charge is 0.407 e. The highest BCUT2D eigenvalue weighted by molar-refractivity contribution is 5.87. The van der Waals surface area contributed by atoms with E-state index in [1.807, 2.05) is 51.1 Å². The van der Waals surface area contributed by atoms with E-state index in [0.29, 0.717) is 6.54 Å². The van der Waals surface area contributed by atoms with Crippen molar-refractivity contribution in [1.82, 2.24) is 20.2 Å². The second-order valence-corrected chi connectivity index (χ2v) is 6.92. The van der Waals surface area contributed by atoms with Crippen molar-refractivity contribution in [2.45, 2.75) is 32.9 Å². The summed E-state index contributed by atoms with van der Waals surface area (Å²) >= 11 is 0. The highest BCUT2D eigenvalue weighted by Gasteiger charge is 2.36. The Labute approximate surface area is 152 Å². The number of ether oxygens (including phenoxy) is 1. The molecule has 2 aromatic rings. The van der Waals surface area contributed by atoms with Crippen LogP contribution in [0.15, 0.2) is 35.9 Å². The number of amides is 2. The number of hydrogen-bond acceptors (Lipinski definition) is 4. The van der Waals surface area contributed by atoms with Crippen LogP contribution in [0.1, 0.15) is 32.6 Å². The molecule has 26 heavy (non-hydrogen) atoms. The molecule has 0 bridgehead atoms. The van der Waals surface area contributed by atoms with Gasteiger partial charge in [0, 0.05) is 6.54 Å². The first kappa shape index (κ1) is 18.0. The second kappa shape index (κ2) is 7.19. The number of aromatic nitrogens is 2. The van der Waals surface area contributed by atoms with Crippen LogP contribution in [-0.2, 0) is 9.53 Å². The topological polar surface area (TPSA) is 87.3 Å². The van der Waals surface area contributed by atoms with E-state index in [-0.39, 0.29) is 17.9 Å². The number of carbonyl (C=O) groups excluding carboxylic acids is 2. The Kier molecular flexibility index (Phi) is 4.97. The maximum atomic E-state index is 13.2. The van der Waals surface area contributed by atoms with Gasteiger partial charge in [0.05, 0.1) is 18.1 Å². The minimum Gasteiger partial charge on any atom is -0.453 e. The SMILES string of the molecule is COC(=O)N[C@H](C(=O)N1CC(C)=C[C@H]1c1nc2ccccc2[nH]1)C(C)C. The summed E-state index contributed by atoms with van der Waals surface area (Å²) < 4.78 is 4.66. The summed E-state index contributed by atoms with van der Waals surface area (Å²) in [5.74, 6) is 0.500. The van der Waals surface area contributed by atoms with Gasteiger partial charge in [0.25, 0.3) is 0 Å². The second-order valence-electron chi connectivity index (χ2n) is 6.92. The van der Waals surface area contributed by atoms with Crippen molar-refractivity contribution in [3.05, 3.63) is 41.7 Å². The number of nitrogens with zero attached hydrogens (tertiary/aromatic N) is 2. The summed E-state index contributed by atoms with van der Waals surface area (Å²) in [5.41, 5.74) is 2.88. The molecule has 0 radical (unpaired) electrons. The van der Waals surface area contributed by atoms with Crippen molar-refractivity contribution in [3.63, 3.8) is 0 Å². The van der Waals surface area contributed by atoms with Crippen LogP contribution < -0.4 is 5.32 Å². The molecular formula is C19H24N4O3. The highest BCUT2D eigenvalue weighted by Crippen LogP contribution is 2.31. The van der Waals surface area contributed by atoms with Crippen molar-refractivity contribution in [2.75, 3.05) is 13.7 Å². The van der Waals surface area contributed by atoms with Crippen LogP contribution in [0, 0.1) is 5.92 Å². The summed E-state index contributed by atoms with van der Waals surface area (Å²) in [6, 6.07) is 6.82. The lowest BCUT2D eigenvalue weighted by Gasteiger charge is -2.30. The predicted octanol–water partition coefficient (Wildman–Crippen LogP) is 2.77. The van der Waals surface area contributed by atoms with E-state index >= 15 is 0 Å². The molecule has 7 nitrogen and oxygen atoms in total. The normalized spacial score (nSPS) is 18.1. The average Bonchev–Trinajstić information content (AvgIpc) is 3.21. The lowest BCUT2D eigenvalue weighted by Crippen LogP contribution is -2.51. The lowest BCUT2D eigenvalue weighted by molar-refractivity contribution is -0.135. The molecule has 1 aliphatic rings. The van der Waals surface area contributed by atoms with Gasteiger partial charge in [-0.05, 0) is 25.0 Å². The molecule has 2 atom stereocenters. The Bertz CT molecular complexity index is 822. The molecule has 7 heteroatoms. The van der Waals surface area contributed by atoms with Crippen molar-refractivity contribution >= 4 is 23.0 Å². The van der Waals surface area contributed by atoms with Gasteiger partial charge >= 0.3 is 6.09 Å². The van der Waals surface area contributed by atoms with Crippen LogP contribution in [-0.4, -0.2) is 46.6 Å². The van der Waals surface area contributed by atoms with Gasteiger partial charge in [-0.15, -0.1) is 0 Å². The van der Waals surface area contributed by atoms with Crippen LogP contribution in [0.3, 0.4) is 0 Å². The monoisotopic (exact) mass is 356 g/mol. The van der Waals surface area contributed by atoms with Gasteiger partial charge in [-0.1, -0.05) is 37.6 Å². The zero-order valence-corrected chi connectivity index (χ0v) is 15.4. The maximum Gasteiger partial charge on any atom is 0.407 e. The number of rotatable bonds is 4. The Morgan fingerprint density at radius 1 is 1.35 bits per heavy atom. The van der Waals surface area contributed by atoms with Gasteiger partial charge in [-0.2, -0.15) is 0 Å². The van der Waals surface area contributed by atoms with E-state index in [0.717, 1.165) is 22.4 Å². The number of benzene rings is 1. The molecule has 0 saturated heterocycles. The number of H-pyrrole nitrogens is 1. The zero-order chi connectivity index (χ0) is 18.8. The van der Waals surface area contributed by atoms with Gasteiger partial charge in [-0.3, -0.25) is 4.79 Å². The van der Waals surface area contributed by atoms with Gasteiger partial charge in [0.2, 0.25) is 5.91 Å². The van der Waals surface area contributed by atoms with Gasteiger partial charge in [-0.25, -0.2) is 9.78 Å². The number of hydrogen-bond donors (Lipinski definition) is 2. The summed E-state index contributed by atoms with van der Waals surface area (Å²) in [4.78, 5) is 34.5. The fraction of sp³-hybridized carbons (Fsp3) is 0.421. The van der Waals surface area contributed by atoms with Gasteiger partial charge in [0.1, 0.15) is 17.9 Å². The Hall–Kier alpha value is -2.83. The third-order valence-electron chi connectivity index (χ3n) is 4.56. The molecule has 0 fully saturated rings. The van der Waals surface area contributed by atoms with Crippen molar-refractivity contribution in [1.29, 1.82) is 0 Å². The first-order valence-electron chi connectivity index (χ1n) is 8.67. The van der Waals surface area contributed by atoms with Gasteiger partial charge < -0.3 is 19.9 Å². The van der Waals surface area contributed by atoms with E-state index < -0.39 is 12.1 Å². The molecule has 0 spiro atoms. The molecule has 1 aromatic heterocycles. The molecule has 1 aromatic carbocycles. The minimum atomic E-state index is -0.659. The first-order valence-corrected chi connectivity index (χ1v) is 8.67. The standard InChI is InChI=1S/C19H24N4O3/c1-11(2)16(22-19(25)26-4)18(24)23-10-12(3)9-15(23)17-20-13-7-5-6-8-14(13)21-17/h5-9,11,15-16H,10H2,1-4H3,(H,20,21)(H,22,25)/t15-,16-/m0/s1. The molecule has 2 amide bonds. The number of alkyl carbamates (subject to hydrolysis) is 1. The molecule has 2 N–H and O–H groups in total. The van der Waals surface area contributed by atoms with E-state index in [9.17, 15) is 9.59 Å². The van der Waals surface area contributed by atoms with Crippen LogP contribution in [0.5, 0.6) is 0 Å². The van der Waals surface area contributed by atoms with E-state index in [2.05, 4.69) is 20.0 Å². The zero-order valence-electron chi connectivity index (χ0n) is 15.4. The third kappa shape index (κ3) is 3.42. The number of nitrogens with one attached hydrogen (secondary N) is 2. The molecule has 138 valence electrons. The number of imidazole rings is 1. The third-order valence-corrected chi connectivity index (χ3v) is 4.56. The van der Waals surface area contributed by atoms with Crippen molar-refractivity contribution < 1.29 is 14.3 Å². The summed E-state index contributed by atoms with van der Waals surface area (Å²) in [6.07, 6.45) is 1.42. The van der Waals surface area contributed by atoms with E-state index in [4.69, 9.17) is 0 Å². The number of fused-ring (bicyclic) bond motifs is 1. The van der Waals surface area contributed by atoms with Crippen LogP contribution in [0.4, 0.5) is 4.79 Å². The fourth-order valence-electron chi connectivity index (χ4n) is 3.21. The number of methoxy groups -OCH3 is 1. The quantitative estimate of drug-likeness (QED) is 0.825. The number of carbonyl (C=O) groups is 2. The summed E-state index contributed by atoms with van der Waals surface area (Å²) in [5, 5.41) is 2.65. The molecular weight excluding hydrogens is 332 g/mol. The largest absolute Gasteiger partial charge is 0.453 e. The first-order chi connectivity index (χ1) is 12.4. The van der Waals surface area contributed by atoms with Crippen LogP contribution in [0.25, 0.3) is 11.0 Å². The fourth-order valence-corrected chi connectivity index (χ4v) is 3.21. The summed E-state index contributed by atoms with van der Waals surface area (Å²) in [6.45, 7) is 6.28. The Balaban J connectivity index is 1.89. The Morgan fingerprint density at radius 2 is 2.08 bits per heavy atom. The highest BCUT2D eigenvalue weighted by atomic mass is 16.5. The molecule has 0 saturated carbocycles. The van der Waals surface area contributed by atoms with E-state index in [1.165, 1.54) is 7.11 Å². The van der Waals surface area contributed by atoms with Crippen molar-refractivity contribution in [2.24, 2.45) is 5.92 Å². The average molecular weight is 356 g/mol. The number of para-hydroxylation sites is 2. The van der Waals surface area contributed by atoms with Gasteiger partial charge in [0.15, 0.2) is 0 Å². The maximum absolute atomic E-state index is 13.2. The number of aromatic amines is 1. The van der Waals surface area contributed by atoms with E-state index in [1.54, 1.807) is 4.90 Å². The van der Waals surface area contributed by atoms with Crippen LogP contribution >= 0.6 is 0 Å². The minimum absolute atomic E-state index is 0.0705. The molecule has 0 aliphatic carbocycles. The van der Waals surface area contributed by atoms with Crippen LogP contribution in [0.2, 0.25) is 0 Å². The lowest BCUT2D eigenvalue weighted by atomic mass is 10.0. The van der Waals surface area contributed by atoms with Crippen molar-refractivity contribution in [3.8, 4) is 0 Å². The molecule has 1 aliphatic heterocycles. The Morgan fingerprint density at radius 3 is 2.73 bits per heavy atom. The predicted molar refractivity (Wildman–Crippen MR) is 98.5 cm³/mol.